The van der Waals surface area contributed by atoms with Gasteiger partial charge in [-0.05, 0) is 48.4 Å². The Balaban J connectivity index is 1.55. The van der Waals surface area contributed by atoms with Crippen LogP contribution in [0.5, 0.6) is 0 Å². The molecule has 3 aromatic rings. The number of hydrogen-bond acceptors (Lipinski definition) is 3. The third kappa shape index (κ3) is 4.50. The summed E-state index contributed by atoms with van der Waals surface area (Å²) in [4.78, 5) is 12.0. The zero-order valence-electron chi connectivity index (χ0n) is 13.3. The van der Waals surface area contributed by atoms with Gasteiger partial charge in [-0.3, -0.25) is 4.79 Å². The SMILES string of the molecule is O=C(CCc1conc1-c1ccc(F)cc1)NCc1ccc(F)cc1. The van der Waals surface area contributed by atoms with Crippen molar-refractivity contribution >= 4 is 5.91 Å². The first-order valence-electron chi connectivity index (χ1n) is 7.82. The molecule has 0 spiro atoms. The topological polar surface area (TPSA) is 55.1 Å². The highest BCUT2D eigenvalue weighted by Crippen LogP contribution is 2.23. The van der Waals surface area contributed by atoms with Crippen molar-refractivity contribution in [2.45, 2.75) is 19.4 Å². The summed E-state index contributed by atoms with van der Waals surface area (Å²) >= 11 is 0. The van der Waals surface area contributed by atoms with Crippen LogP contribution in [-0.2, 0) is 17.8 Å². The van der Waals surface area contributed by atoms with Crippen LogP contribution in [0.15, 0.2) is 59.3 Å². The predicted octanol–water partition coefficient (Wildman–Crippen LogP) is 3.87. The Hall–Kier alpha value is -3.02. The summed E-state index contributed by atoms with van der Waals surface area (Å²) < 4.78 is 30.8. The third-order valence-electron chi connectivity index (χ3n) is 3.79. The predicted molar refractivity (Wildman–Crippen MR) is 88.5 cm³/mol. The second-order valence-corrected chi connectivity index (χ2v) is 5.60. The molecular weight excluding hydrogens is 326 g/mol. The molecule has 0 aliphatic rings. The molecule has 0 unspecified atom stereocenters. The molecule has 0 bridgehead atoms. The molecule has 0 aliphatic carbocycles. The number of carbonyl (C=O) groups is 1. The Bertz CT molecular complexity index is 843. The highest BCUT2D eigenvalue weighted by Gasteiger charge is 2.12. The van der Waals surface area contributed by atoms with Gasteiger partial charge in [-0.1, -0.05) is 17.3 Å². The molecule has 0 fully saturated rings. The number of carbonyl (C=O) groups excluding carboxylic acids is 1. The number of rotatable bonds is 6. The Morgan fingerprint density at radius 2 is 1.64 bits per heavy atom. The van der Waals surface area contributed by atoms with Crippen LogP contribution >= 0.6 is 0 Å². The van der Waals surface area contributed by atoms with Gasteiger partial charge in [-0.25, -0.2) is 8.78 Å². The van der Waals surface area contributed by atoms with E-state index in [0.29, 0.717) is 18.7 Å². The van der Waals surface area contributed by atoms with Crippen LogP contribution < -0.4 is 5.32 Å². The lowest BCUT2D eigenvalue weighted by atomic mass is 10.0. The molecule has 1 N–H and O–H groups in total. The highest BCUT2D eigenvalue weighted by molar-refractivity contribution is 5.76. The molecule has 6 heteroatoms. The maximum absolute atomic E-state index is 13.0. The van der Waals surface area contributed by atoms with Crippen LogP contribution in [0.25, 0.3) is 11.3 Å². The number of nitrogens with one attached hydrogen (secondary N) is 1. The smallest absolute Gasteiger partial charge is 0.220 e. The fourth-order valence-electron chi connectivity index (χ4n) is 2.42. The van der Waals surface area contributed by atoms with Gasteiger partial charge in [0.05, 0.1) is 0 Å². The maximum Gasteiger partial charge on any atom is 0.220 e. The Morgan fingerprint density at radius 1 is 1.00 bits per heavy atom. The van der Waals surface area contributed by atoms with Gasteiger partial charge >= 0.3 is 0 Å². The molecule has 0 radical (unpaired) electrons. The van der Waals surface area contributed by atoms with Gasteiger partial charge in [0.25, 0.3) is 0 Å². The maximum atomic E-state index is 13.0. The van der Waals surface area contributed by atoms with E-state index in [2.05, 4.69) is 10.5 Å². The van der Waals surface area contributed by atoms with Crippen molar-refractivity contribution < 1.29 is 18.1 Å². The van der Waals surface area contributed by atoms with Gasteiger partial charge in [0.15, 0.2) is 0 Å². The fraction of sp³-hybridized carbons (Fsp3) is 0.158. The molecule has 2 aromatic carbocycles. The third-order valence-corrected chi connectivity index (χ3v) is 3.79. The largest absolute Gasteiger partial charge is 0.364 e. The van der Waals surface area contributed by atoms with E-state index < -0.39 is 0 Å². The first kappa shape index (κ1) is 16.8. The fourth-order valence-corrected chi connectivity index (χ4v) is 2.42. The van der Waals surface area contributed by atoms with Crippen LogP contribution in [0.4, 0.5) is 8.78 Å². The van der Waals surface area contributed by atoms with Crippen molar-refractivity contribution in [3.8, 4) is 11.3 Å². The molecule has 1 heterocycles. The van der Waals surface area contributed by atoms with Crippen LogP contribution in [0.2, 0.25) is 0 Å². The van der Waals surface area contributed by atoms with Crippen LogP contribution in [0, 0.1) is 11.6 Å². The Labute approximate surface area is 143 Å². The average molecular weight is 342 g/mol. The van der Waals surface area contributed by atoms with Crippen molar-refractivity contribution in [3.05, 3.63) is 77.6 Å². The number of nitrogens with zero attached hydrogens (tertiary/aromatic N) is 1. The Kier molecular flexibility index (Phi) is 5.18. The first-order valence-corrected chi connectivity index (χ1v) is 7.82. The van der Waals surface area contributed by atoms with Crippen molar-refractivity contribution in [3.63, 3.8) is 0 Å². The van der Waals surface area contributed by atoms with Gasteiger partial charge in [0.1, 0.15) is 23.6 Å². The van der Waals surface area contributed by atoms with E-state index in [4.69, 9.17) is 4.52 Å². The molecule has 0 saturated carbocycles. The van der Waals surface area contributed by atoms with E-state index in [1.165, 1.54) is 30.5 Å². The lowest BCUT2D eigenvalue weighted by molar-refractivity contribution is -0.121. The molecule has 0 saturated heterocycles. The minimum atomic E-state index is -0.325. The van der Waals surface area contributed by atoms with Gasteiger partial charge in [0, 0.05) is 24.1 Å². The van der Waals surface area contributed by atoms with Crippen LogP contribution in [0.3, 0.4) is 0 Å². The minimum absolute atomic E-state index is 0.129. The van der Waals surface area contributed by atoms with Crippen molar-refractivity contribution in [2.24, 2.45) is 0 Å². The highest BCUT2D eigenvalue weighted by atomic mass is 19.1. The molecule has 128 valence electrons. The van der Waals surface area contributed by atoms with Crippen molar-refractivity contribution in [1.82, 2.24) is 10.5 Å². The Morgan fingerprint density at radius 3 is 2.32 bits per heavy atom. The minimum Gasteiger partial charge on any atom is -0.364 e. The average Bonchev–Trinajstić information content (AvgIpc) is 3.09. The summed E-state index contributed by atoms with van der Waals surface area (Å²) in [5.41, 5.74) is 2.94. The summed E-state index contributed by atoms with van der Waals surface area (Å²) in [6, 6.07) is 11.9. The normalized spacial score (nSPS) is 10.6. The van der Waals surface area contributed by atoms with E-state index in [1.807, 2.05) is 0 Å². The van der Waals surface area contributed by atoms with Gasteiger partial charge in [-0.2, -0.15) is 0 Å². The molecule has 25 heavy (non-hydrogen) atoms. The molecule has 3 rings (SSSR count). The second kappa shape index (κ2) is 7.70. The zero-order valence-corrected chi connectivity index (χ0v) is 13.3. The number of halogens is 2. The van der Waals surface area contributed by atoms with Crippen molar-refractivity contribution in [1.29, 1.82) is 0 Å². The zero-order chi connectivity index (χ0) is 17.6. The summed E-state index contributed by atoms with van der Waals surface area (Å²) in [7, 11) is 0. The molecule has 0 atom stereocenters. The standard InChI is InChI=1S/C19H16F2N2O2/c20-16-6-1-13(2-7-16)11-22-18(24)10-5-15-12-25-23-19(15)14-3-8-17(21)9-4-14/h1-4,6-9,12H,5,10-11H2,(H,22,24). The summed E-state index contributed by atoms with van der Waals surface area (Å²) in [5, 5.41) is 6.72. The van der Waals surface area contributed by atoms with Crippen LogP contribution in [-0.4, -0.2) is 11.1 Å². The lowest BCUT2D eigenvalue weighted by Gasteiger charge is -2.05. The summed E-state index contributed by atoms with van der Waals surface area (Å²) in [6.45, 7) is 0.341. The van der Waals surface area contributed by atoms with Gasteiger partial charge in [0.2, 0.25) is 5.91 Å². The number of amides is 1. The number of aromatic nitrogens is 1. The number of benzene rings is 2. The van der Waals surface area contributed by atoms with Crippen molar-refractivity contribution in [2.75, 3.05) is 0 Å². The number of hydrogen-bond donors (Lipinski definition) is 1. The number of aryl methyl sites for hydroxylation is 1. The van der Waals surface area contributed by atoms with E-state index in [1.54, 1.807) is 24.3 Å². The van der Waals surface area contributed by atoms with E-state index >= 15 is 0 Å². The van der Waals surface area contributed by atoms with E-state index in [0.717, 1.165) is 16.7 Å². The summed E-state index contributed by atoms with van der Waals surface area (Å²) in [5.74, 6) is -0.764. The molecular formula is C19H16F2N2O2. The quantitative estimate of drug-likeness (QED) is 0.740. The molecule has 0 aliphatic heterocycles. The molecule has 1 aromatic heterocycles. The van der Waals surface area contributed by atoms with E-state index in [-0.39, 0.29) is 24.0 Å². The van der Waals surface area contributed by atoms with Gasteiger partial charge in [-0.15, -0.1) is 0 Å². The first-order chi connectivity index (χ1) is 12.1. The molecule has 1 amide bonds. The lowest BCUT2D eigenvalue weighted by Crippen LogP contribution is -2.23. The monoisotopic (exact) mass is 342 g/mol. The van der Waals surface area contributed by atoms with Gasteiger partial charge < -0.3 is 9.84 Å². The molecule has 4 nitrogen and oxygen atoms in total. The summed E-state index contributed by atoms with van der Waals surface area (Å²) in [6.07, 6.45) is 2.20. The second-order valence-electron chi connectivity index (χ2n) is 5.60. The van der Waals surface area contributed by atoms with E-state index in [9.17, 15) is 13.6 Å². The van der Waals surface area contributed by atoms with Crippen LogP contribution in [0.1, 0.15) is 17.5 Å².